The largest absolute Gasteiger partial charge is 0.487 e. The minimum atomic E-state index is -0.304. The Hall–Kier alpha value is -1.42. The van der Waals surface area contributed by atoms with Gasteiger partial charge in [-0.1, -0.05) is 6.07 Å². The van der Waals surface area contributed by atoms with Crippen LogP contribution in [-0.4, -0.2) is 4.98 Å². The molecule has 0 radical (unpaired) electrons. The van der Waals surface area contributed by atoms with Crippen molar-refractivity contribution in [2.24, 2.45) is 0 Å². The van der Waals surface area contributed by atoms with E-state index in [1.807, 2.05) is 12.1 Å². The van der Waals surface area contributed by atoms with Crippen LogP contribution in [0.5, 0.6) is 5.75 Å². The lowest BCUT2D eigenvalue weighted by Crippen LogP contribution is -1.97. The van der Waals surface area contributed by atoms with Gasteiger partial charge in [-0.15, -0.1) is 0 Å². The summed E-state index contributed by atoms with van der Waals surface area (Å²) in [4.78, 5) is 4.15. The van der Waals surface area contributed by atoms with Crippen LogP contribution in [0.25, 0.3) is 0 Å². The first kappa shape index (κ1) is 11.1. The zero-order valence-electron chi connectivity index (χ0n) is 8.36. The van der Waals surface area contributed by atoms with Crippen molar-refractivity contribution in [1.29, 1.82) is 0 Å². The fourth-order valence-corrected chi connectivity index (χ4v) is 1.44. The Balaban J connectivity index is 1.99. The molecule has 1 aromatic heterocycles. The predicted molar refractivity (Wildman–Crippen MR) is 62.7 cm³/mol. The Morgan fingerprint density at radius 3 is 2.81 bits per heavy atom. The van der Waals surface area contributed by atoms with Crippen LogP contribution in [0.1, 0.15) is 5.69 Å². The molecule has 0 atom stereocenters. The Bertz CT molecular complexity index is 473. The second kappa shape index (κ2) is 5.07. The van der Waals surface area contributed by atoms with E-state index in [0.717, 1.165) is 10.2 Å². The summed E-state index contributed by atoms with van der Waals surface area (Å²) in [5.74, 6) is 0.200. The molecule has 0 aliphatic heterocycles. The Morgan fingerprint density at radius 2 is 2.12 bits per heavy atom. The van der Waals surface area contributed by atoms with Gasteiger partial charge in [-0.2, -0.15) is 0 Å². The molecule has 0 saturated heterocycles. The number of hydrogen-bond donors (Lipinski definition) is 0. The molecule has 16 heavy (non-hydrogen) atoms. The van der Waals surface area contributed by atoms with Crippen molar-refractivity contribution < 1.29 is 9.13 Å². The van der Waals surface area contributed by atoms with Crippen LogP contribution in [0.2, 0.25) is 0 Å². The summed E-state index contributed by atoms with van der Waals surface area (Å²) in [6, 6.07) is 9.78. The van der Waals surface area contributed by atoms with E-state index in [9.17, 15) is 4.39 Å². The first-order valence-corrected chi connectivity index (χ1v) is 5.52. The average Bonchev–Trinajstić information content (AvgIpc) is 2.28. The van der Waals surface area contributed by atoms with Gasteiger partial charge in [-0.05, 0) is 40.2 Å². The van der Waals surface area contributed by atoms with Crippen LogP contribution in [0.3, 0.4) is 0 Å². The smallest absolute Gasteiger partial charge is 0.130 e. The van der Waals surface area contributed by atoms with Crippen LogP contribution >= 0.6 is 15.9 Å². The van der Waals surface area contributed by atoms with E-state index in [0.29, 0.717) is 12.4 Å². The van der Waals surface area contributed by atoms with Gasteiger partial charge in [0, 0.05) is 16.7 Å². The molecule has 0 unspecified atom stereocenters. The monoisotopic (exact) mass is 281 g/mol. The molecular formula is C12H9BrFNO. The number of pyridine rings is 1. The van der Waals surface area contributed by atoms with E-state index >= 15 is 0 Å². The van der Waals surface area contributed by atoms with Gasteiger partial charge in [-0.3, -0.25) is 4.98 Å². The average molecular weight is 282 g/mol. The molecule has 4 heteroatoms. The normalized spacial score (nSPS) is 10.1. The Labute approximate surface area is 101 Å². The van der Waals surface area contributed by atoms with Gasteiger partial charge >= 0.3 is 0 Å². The second-order valence-corrected chi connectivity index (χ2v) is 4.13. The first-order chi connectivity index (χ1) is 7.74. The molecule has 1 heterocycles. The number of hydrogen-bond acceptors (Lipinski definition) is 2. The Morgan fingerprint density at radius 1 is 1.25 bits per heavy atom. The van der Waals surface area contributed by atoms with Crippen molar-refractivity contribution in [3.05, 3.63) is 58.6 Å². The molecule has 2 rings (SSSR count). The number of halogens is 2. The Kier molecular flexibility index (Phi) is 3.51. The third-order valence-corrected chi connectivity index (χ3v) is 2.44. The van der Waals surface area contributed by atoms with E-state index in [1.54, 1.807) is 18.3 Å². The lowest BCUT2D eigenvalue weighted by Gasteiger charge is -2.05. The van der Waals surface area contributed by atoms with Gasteiger partial charge in [0.2, 0.25) is 0 Å². The summed E-state index contributed by atoms with van der Waals surface area (Å²) in [6.07, 6.45) is 1.70. The highest BCUT2D eigenvalue weighted by Crippen LogP contribution is 2.14. The third-order valence-electron chi connectivity index (χ3n) is 1.97. The SMILES string of the molecule is Fc1cccc(OCc2ccc(Br)cn2)c1. The zero-order valence-corrected chi connectivity index (χ0v) is 9.95. The van der Waals surface area contributed by atoms with Gasteiger partial charge < -0.3 is 4.74 Å². The number of aromatic nitrogens is 1. The molecular weight excluding hydrogens is 273 g/mol. The van der Waals surface area contributed by atoms with Crippen molar-refractivity contribution >= 4 is 15.9 Å². The maximum absolute atomic E-state index is 12.8. The van der Waals surface area contributed by atoms with Crippen molar-refractivity contribution in [2.75, 3.05) is 0 Å². The summed E-state index contributed by atoms with van der Waals surface area (Å²) >= 11 is 3.30. The minimum absolute atomic E-state index is 0.304. The standard InChI is InChI=1S/C12H9BrFNO/c13-9-4-5-11(15-7-9)8-16-12-3-1-2-10(14)6-12/h1-7H,8H2. The first-order valence-electron chi connectivity index (χ1n) is 4.73. The van der Waals surface area contributed by atoms with E-state index in [4.69, 9.17) is 4.74 Å². The highest BCUT2D eigenvalue weighted by Gasteiger charge is 1.98. The van der Waals surface area contributed by atoms with Crippen molar-refractivity contribution in [3.8, 4) is 5.75 Å². The van der Waals surface area contributed by atoms with Crippen LogP contribution in [-0.2, 0) is 6.61 Å². The molecule has 0 aliphatic carbocycles. The molecule has 0 fully saturated rings. The van der Waals surface area contributed by atoms with E-state index < -0.39 is 0 Å². The molecule has 2 aromatic rings. The third kappa shape index (κ3) is 3.03. The van der Waals surface area contributed by atoms with Crippen LogP contribution in [0, 0.1) is 5.82 Å². The van der Waals surface area contributed by atoms with E-state index in [1.165, 1.54) is 12.1 Å². The lowest BCUT2D eigenvalue weighted by molar-refractivity contribution is 0.300. The summed E-state index contributed by atoms with van der Waals surface area (Å²) in [7, 11) is 0. The van der Waals surface area contributed by atoms with Crippen LogP contribution < -0.4 is 4.74 Å². The van der Waals surface area contributed by atoms with Gasteiger partial charge in [0.05, 0.1) is 5.69 Å². The summed E-state index contributed by atoms with van der Waals surface area (Å²) < 4.78 is 19.2. The molecule has 0 bridgehead atoms. The highest BCUT2D eigenvalue weighted by atomic mass is 79.9. The maximum atomic E-state index is 12.8. The molecule has 0 amide bonds. The summed E-state index contributed by atoms with van der Waals surface area (Å²) in [6.45, 7) is 0.330. The molecule has 0 N–H and O–H groups in total. The molecule has 0 saturated carbocycles. The summed E-state index contributed by atoms with van der Waals surface area (Å²) in [5, 5.41) is 0. The molecule has 2 nitrogen and oxygen atoms in total. The van der Waals surface area contributed by atoms with Gasteiger partial charge in [0.25, 0.3) is 0 Å². The predicted octanol–water partition coefficient (Wildman–Crippen LogP) is 3.56. The minimum Gasteiger partial charge on any atom is -0.487 e. The van der Waals surface area contributed by atoms with Crippen molar-refractivity contribution in [1.82, 2.24) is 4.98 Å². The van der Waals surface area contributed by atoms with Crippen LogP contribution in [0.15, 0.2) is 47.1 Å². The number of rotatable bonds is 3. The van der Waals surface area contributed by atoms with Gasteiger partial charge in [0.15, 0.2) is 0 Å². The van der Waals surface area contributed by atoms with Crippen LogP contribution in [0.4, 0.5) is 4.39 Å². The van der Waals surface area contributed by atoms with Crippen molar-refractivity contribution in [2.45, 2.75) is 6.61 Å². The zero-order chi connectivity index (χ0) is 11.4. The highest BCUT2D eigenvalue weighted by molar-refractivity contribution is 9.10. The van der Waals surface area contributed by atoms with Gasteiger partial charge in [0.1, 0.15) is 18.2 Å². The fourth-order valence-electron chi connectivity index (χ4n) is 1.21. The molecule has 0 aliphatic rings. The quantitative estimate of drug-likeness (QED) is 0.858. The number of ether oxygens (including phenoxy) is 1. The van der Waals surface area contributed by atoms with Crippen molar-refractivity contribution in [3.63, 3.8) is 0 Å². The molecule has 0 spiro atoms. The van der Waals surface area contributed by atoms with E-state index in [-0.39, 0.29) is 5.82 Å². The second-order valence-electron chi connectivity index (χ2n) is 3.21. The summed E-state index contributed by atoms with van der Waals surface area (Å²) in [5.41, 5.74) is 0.799. The number of benzene rings is 1. The number of nitrogens with zero attached hydrogens (tertiary/aromatic N) is 1. The van der Waals surface area contributed by atoms with E-state index in [2.05, 4.69) is 20.9 Å². The maximum Gasteiger partial charge on any atom is 0.130 e. The lowest BCUT2D eigenvalue weighted by atomic mass is 10.3. The topological polar surface area (TPSA) is 22.1 Å². The molecule has 1 aromatic carbocycles. The van der Waals surface area contributed by atoms with Gasteiger partial charge in [-0.25, -0.2) is 4.39 Å². The fraction of sp³-hybridized carbons (Fsp3) is 0.0833. The molecule has 82 valence electrons.